The largest absolute Gasteiger partial charge is 0.379 e. The van der Waals surface area contributed by atoms with E-state index in [9.17, 15) is 0 Å². The first-order valence-electron chi connectivity index (χ1n) is 10.8. The van der Waals surface area contributed by atoms with Crippen molar-refractivity contribution in [2.75, 3.05) is 59.1 Å². The van der Waals surface area contributed by atoms with E-state index in [-0.39, 0.29) is 0 Å². The van der Waals surface area contributed by atoms with Gasteiger partial charge >= 0.3 is 0 Å². The fraction of sp³-hybridized carbons (Fsp3) is 0.682. The first kappa shape index (κ1) is 21.1. The van der Waals surface area contributed by atoms with Crippen molar-refractivity contribution in [3.8, 4) is 0 Å². The summed E-state index contributed by atoms with van der Waals surface area (Å²) in [5, 5.41) is 3.47. The fourth-order valence-electron chi connectivity index (χ4n) is 3.87. The molecule has 1 N–H and O–H groups in total. The van der Waals surface area contributed by atoms with Crippen LogP contribution in [0.3, 0.4) is 0 Å². The van der Waals surface area contributed by atoms with E-state index < -0.39 is 0 Å². The normalized spacial score (nSPS) is 21.2. The number of likely N-dealkylation sites (tertiary alicyclic amines) is 1. The molecule has 0 spiro atoms. The Bertz CT molecular complexity index is 575. The molecule has 2 aliphatic heterocycles. The maximum Gasteiger partial charge on any atom is 0.193 e. The van der Waals surface area contributed by atoms with Gasteiger partial charge in [0.05, 0.1) is 19.8 Å². The number of ether oxygens (including phenoxy) is 2. The third-order valence-corrected chi connectivity index (χ3v) is 5.43. The van der Waals surface area contributed by atoms with E-state index >= 15 is 0 Å². The van der Waals surface area contributed by atoms with Crippen LogP contribution in [0.25, 0.3) is 0 Å². The van der Waals surface area contributed by atoms with Gasteiger partial charge in [-0.25, -0.2) is 0 Å². The first-order valence-corrected chi connectivity index (χ1v) is 10.8. The summed E-state index contributed by atoms with van der Waals surface area (Å²) in [6.07, 6.45) is 3.33. The molecule has 2 fully saturated rings. The minimum Gasteiger partial charge on any atom is -0.379 e. The number of benzene rings is 1. The lowest BCUT2D eigenvalue weighted by Crippen LogP contribution is -2.46. The van der Waals surface area contributed by atoms with Crippen LogP contribution in [-0.2, 0) is 16.1 Å². The summed E-state index contributed by atoms with van der Waals surface area (Å²) >= 11 is 0. The number of nitrogens with one attached hydrogen (secondary N) is 1. The lowest BCUT2D eigenvalue weighted by atomic mass is 10.2. The van der Waals surface area contributed by atoms with E-state index in [1.165, 1.54) is 12.0 Å². The van der Waals surface area contributed by atoms with Gasteiger partial charge in [0.2, 0.25) is 0 Å². The third kappa shape index (κ3) is 6.76. The Labute approximate surface area is 169 Å². The van der Waals surface area contributed by atoms with Gasteiger partial charge in [-0.05, 0) is 31.7 Å². The van der Waals surface area contributed by atoms with Crippen LogP contribution >= 0.6 is 0 Å². The lowest BCUT2D eigenvalue weighted by Gasteiger charge is -2.32. The molecule has 0 bridgehead atoms. The zero-order valence-corrected chi connectivity index (χ0v) is 17.3. The van der Waals surface area contributed by atoms with Gasteiger partial charge in [0.25, 0.3) is 0 Å². The molecule has 0 saturated carbocycles. The number of rotatable bonds is 9. The average molecular weight is 389 g/mol. The predicted molar refractivity (Wildman–Crippen MR) is 114 cm³/mol. The number of guanidine groups is 1. The third-order valence-electron chi connectivity index (χ3n) is 5.43. The highest BCUT2D eigenvalue weighted by Crippen LogP contribution is 2.17. The SMILES string of the molecule is CCNC(=NCCCCOCc1ccccc1)N1CCC(N2CCOCC2)C1. The van der Waals surface area contributed by atoms with Gasteiger partial charge in [-0.1, -0.05) is 30.3 Å². The van der Waals surface area contributed by atoms with Crippen molar-refractivity contribution in [1.29, 1.82) is 0 Å². The summed E-state index contributed by atoms with van der Waals surface area (Å²) in [6, 6.07) is 11.0. The molecular formula is C22H36N4O2. The number of unbranched alkanes of at least 4 members (excludes halogenated alkanes) is 1. The summed E-state index contributed by atoms with van der Waals surface area (Å²) in [6.45, 7) is 11.4. The molecule has 3 rings (SSSR count). The molecule has 1 atom stereocenters. The number of hydrogen-bond acceptors (Lipinski definition) is 4. The Balaban J connectivity index is 1.34. The molecule has 1 unspecified atom stereocenters. The molecule has 156 valence electrons. The molecule has 2 aliphatic rings. The standard InChI is InChI=1S/C22H36N4O2/c1-2-23-22(26-12-10-21(18-26)25-13-16-27-17-14-25)24-11-6-7-15-28-19-20-8-4-3-5-9-20/h3-5,8-9,21H,2,6-7,10-19H2,1H3,(H,23,24). The Morgan fingerprint density at radius 3 is 2.79 bits per heavy atom. The van der Waals surface area contributed by atoms with Crippen molar-refractivity contribution in [3.63, 3.8) is 0 Å². The maximum absolute atomic E-state index is 5.77. The molecule has 28 heavy (non-hydrogen) atoms. The average Bonchev–Trinajstić information content (AvgIpc) is 3.24. The molecule has 6 nitrogen and oxygen atoms in total. The summed E-state index contributed by atoms with van der Waals surface area (Å²) < 4.78 is 11.3. The number of nitrogens with zero attached hydrogens (tertiary/aromatic N) is 3. The van der Waals surface area contributed by atoms with Gasteiger partial charge in [0.1, 0.15) is 0 Å². The summed E-state index contributed by atoms with van der Waals surface area (Å²) in [4.78, 5) is 9.87. The monoisotopic (exact) mass is 388 g/mol. The van der Waals surface area contributed by atoms with E-state index in [0.29, 0.717) is 12.6 Å². The van der Waals surface area contributed by atoms with Crippen LogP contribution in [0, 0.1) is 0 Å². The van der Waals surface area contributed by atoms with Crippen LogP contribution in [0.1, 0.15) is 31.7 Å². The topological polar surface area (TPSA) is 49.3 Å². The maximum atomic E-state index is 5.77. The van der Waals surface area contributed by atoms with Crippen LogP contribution in [0.4, 0.5) is 0 Å². The van der Waals surface area contributed by atoms with E-state index in [0.717, 1.165) is 77.9 Å². The summed E-state index contributed by atoms with van der Waals surface area (Å²) in [5.74, 6) is 1.07. The number of aliphatic imine (C=N–C) groups is 1. The minimum absolute atomic E-state index is 0.638. The molecule has 0 aliphatic carbocycles. The van der Waals surface area contributed by atoms with Gasteiger partial charge in [0.15, 0.2) is 5.96 Å². The molecular weight excluding hydrogens is 352 g/mol. The number of hydrogen-bond donors (Lipinski definition) is 1. The molecule has 2 heterocycles. The molecule has 1 aromatic carbocycles. The van der Waals surface area contributed by atoms with Crippen molar-refractivity contribution in [2.24, 2.45) is 4.99 Å². The van der Waals surface area contributed by atoms with Gasteiger partial charge < -0.3 is 19.7 Å². The number of morpholine rings is 1. The lowest BCUT2D eigenvalue weighted by molar-refractivity contribution is 0.0195. The van der Waals surface area contributed by atoms with Gasteiger partial charge in [-0.15, -0.1) is 0 Å². The van der Waals surface area contributed by atoms with Crippen molar-refractivity contribution in [2.45, 2.75) is 38.8 Å². The smallest absolute Gasteiger partial charge is 0.193 e. The van der Waals surface area contributed by atoms with Crippen LogP contribution in [-0.4, -0.2) is 80.9 Å². The first-order chi connectivity index (χ1) is 13.9. The Morgan fingerprint density at radius 1 is 1.18 bits per heavy atom. The van der Waals surface area contributed by atoms with E-state index in [2.05, 4.69) is 46.3 Å². The summed E-state index contributed by atoms with van der Waals surface area (Å²) in [7, 11) is 0. The van der Waals surface area contributed by atoms with Crippen LogP contribution < -0.4 is 5.32 Å². The van der Waals surface area contributed by atoms with Gasteiger partial charge in [0, 0.05) is 51.9 Å². The quantitative estimate of drug-likeness (QED) is 0.400. The van der Waals surface area contributed by atoms with E-state index in [1.54, 1.807) is 0 Å². The molecule has 0 amide bonds. The fourth-order valence-corrected chi connectivity index (χ4v) is 3.87. The molecule has 0 radical (unpaired) electrons. The second-order valence-corrected chi connectivity index (χ2v) is 7.52. The zero-order valence-electron chi connectivity index (χ0n) is 17.3. The van der Waals surface area contributed by atoms with Gasteiger partial charge in [-0.2, -0.15) is 0 Å². The van der Waals surface area contributed by atoms with Crippen molar-refractivity contribution >= 4 is 5.96 Å². The Hall–Kier alpha value is -1.63. The van der Waals surface area contributed by atoms with Crippen LogP contribution in [0.2, 0.25) is 0 Å². The van der Waals surface area contributed by atoms with Gasteiger partial charge in [-0.3, -0.25) is 9.89 Å². The molecule has 2 saturated heterocycles. The second kappa shape index (κ2) is 12.0. The van der Waals surface area contributed by atoms with Crippen molar-refractivity contribution in [3.05, 3.63) is 35.9 Å². The highest BCUT2D eigenvalue weighted by atomic mass is 16.5. The van der Waals surface area contributed by atoms with Crippen molar-refractivity contribution in [1.82, 2.24) is 15.1 Å². The van der Waals surface area contributed by atoms with Crippen molar-refractivity contribution < 1.29 is 9.47 Å². The highest BCUT2D eigenvalue weighted by Gasteiger charge is 2.30. The second-order valence-electron chi connectivity index (χ2n) is 7.52. The molecule has 0 aromatic heterocycles. The summed E-state index contributed by atoms with van der Waals surface area (Å²) in [5.41, 5.74) is 1.24. The predicted octanol–water partition coefficient (Wildman–Crippen LogP) is 2.36. The van der Waals surface area contributed by atoms with Crippen LogP contribution in [0.15, 0.2) is 35.3 Å². The Kier molecular flexibility index (Phi) is 9.07. The Morgan fingerprint density at radius 2 is 2.00 bits per heavy atom. The van der Waals surface area contributed by atoms with Crippen LogP contribution in [0.5, 0.6) is 0 Å². The molecule has 1 aromatic rings. The van der Waals surface area contributed by atoms with E-state index in [4.69, 9.17) is 14.5 Å². The van der Waals surface area contributed by atoms with E-state index in [1.807, 2.05) is 6.07 Å². The molecule has 6 heteroatoms. The zero-order chi connectivity index (χ0) is 19.4. The highest BCUT2D eigenvalue weighted by molar-refractivity contribution is 5.80. The minimum atomic E-state index is 0.638.